The molecule has 0 bridgehead atoms. The molecule has 0 saturated heterocycles. The Labute approximate surface area is 127 Å². The summed E-state index contributed by atoms with van der Waals surface area (Å²) in [6.07, 6.45) is 5.77. The van der Waals surface area contributed by atoms with Crippen LogP contribution in [0.3, 0.4) is 0 Å². The van der Waals surface area contributed by atoms with Crippen molar-refractivity contribution in [2.24, 2.45) is 0 Å². The number of rotatable bonds is 7. The summed E-state index contributed by atoms with van der Waals surface area (Å²) in [6.45, 7) is 10.5. The molecule has 3 nitrogen and oxygen atoms in total. The van der Waals surface area contributed by atoms with E-state index in [0.29, 0.717) is 6.04 Å². The summed E-state index contributed by atoms with van der Waals surface area (Å²) in [5.41, 5.74) is 1.09. The van der Waals surface area contributed by atoms with Gasteiger partial charge in [0.2, 0.25) is 0 Å². The number of nitrogens with zero attached hydrogens (tertiary/aromatic N) is 1. The monoisotopic (exact) mass is 296 g/mol. The molecule has 1 aromatic heterocycles. The minimum Gasteiger partial charge on any atom is -0.368 e. The molecule has 20 heavy (non-hydrogen) atoms. The molecular formula is C16H28N2OS. The Balaban J connectivity index is 2.24. The smallest absolute Gasteiger partial charge is 0.125 e. The first-order chi connectivity index (χ1) is 9.64. The second-order valence-electron chi connectivity index (χ2n) is 5.75. The zero-order valence-corrected chi connectivity index (χ0v) is 14.1. The molecule has 4 heteroatoms. The molecular weight excluding hydrogens is 268 g/mol. The lowest BCUT2D eigenvalue weighted by Crippen LogP contribution is -2.24. The predicted molar refractivity (Wildman–Crippen MR) is 85.4 cm³/mol. The maximum atomic E-state index is 5.99. The average molecular weight is 296 g/mol. The van der Waals surface area contributed by atoms with Crippen LogP contribution in [0.2, 0.25) is 0 Å². The van der Waals surface area contributed by atoms with E-state index in [0.717, 1.165) is 31.0 Å². The van der Waals surface area contributed by atoms with Crippen molar-refractivity contribution in [3.05, 3.63) is 15.6 Å². The largest absolute Gasteiger partial charge is 0.368 e. The SMILES string of the molecule is CCCNC1CCCc2nc(C(C)(CC)OCC)sc21. The highest BCUT2D eigenvalue weighted by Gasteiger charge is 2.32. The third-order valence-electron chi connectivity index (χ3n) is 4.18. The predicted octanol–water partition coefficient (Wildman–Crippen LogP) is 4.18. The molecule has 114 valence electrons. The normalized spacial score (nSPS) is 21.5. The Morgan fingerprint density at radius 2 is 2.20 bits per heavy atom. The first-order valence-corrected chi connectivity index (χ1v) is 8.83. The standard InChI is InChI=1S/C16H28N2OS/c1-5-11-17-12-9-8-10-13-14(12)20-15(18-13)16(4,6-2)19-7-3/h12,17H,5-11H2,1-4H3. The fourth-order valence-electron chi connectivity index (χ4n) is 2.79. The summed E-state index contributed by atoms with van der Waals surface area (Å²) in [5.74, 6) is 0. The van der Waals surface area contributed by atoms with Gasteiger partial charge >= 0.3 is 0 Å². The van der Waals surface area contributed by atoms with Gasteiger partial charge in [-0.05, 0) is 52.5 Å². The maximum absolute atomic E-state index is 5.99. The van der Waals surface area contributed by atoms with Gasteiger partial charge in [0.05, 0.1) is 5.69 Å². The highest BCUT2D eigenvalue weighted by atomic mass is 32.1. The van der Waals surface area contributed by atoms with Crippen LogP contribution in [0.1, 0.15) is 75.0 Å². The Bertz CT molecular complexity index is 432. The lowest BCUT2D eigenvalue weighted by atomic mass is 9.98. The lowest BCUT2D eigenvalue weighted by Gasteiger charge is -2.25. The molecule has 0 aliphatic heterocycles. The zero-order valence-electron chi connectivity index (χ0n) is 13.3. The van der Waals surface area contributed by atoms with Gasteiger partial charge in [-0.2, -0.15) is 0 Å². The van der Waals surface area contributed by atoms with Gasteiger partial charge in [0.1, 0.15) is 10.6 Å². The molecule has 1 N–H and O–H groups in total. The lowest BCUT2D eigenvalue weighted by molar-refractivity contribution is -0.0325. The average Bonchev–Trinajstić information content (AvgIpc) is 2.90. The molecule has 0 fully saturated rings. The van der Waals surface area contributed by atoms with E-state index in [4.69, 9.17) is 9.72 Å². The number of hydrogen-bond donors (Lipinski definition) is 1. The van der Waals surface area contributed by atoms with Crippen molar-refractivity contribution in [3.63, 3.8) is 0 Å². The summed E-state index contributed by atoms with van der Waals surface area (Å²) in [5, 5.41) is 4.84. The molecule has 0 radical (unpaired) electrons. The summed E-state index contributed by atoms with van der Waals surface area (Å²) < 4.78 is 5.99. The van der Waals surface area contributed by atoms with Crippen LogP contribution < -0.4 is 5.32 Å². The van der Waals surface area contributed by atoms with Gasteiger partial charge in [-0.3, -0.25) is 0 Å². The van der Waals surface area contributed by atoms with Crippen LogP contribution >= 0.6 is 11.3 Å². The fourth-order valence-corrected chi connectivity index (χ4v) is 4.19. The Hall–Kier alpha value is -0.450. The number of aryl methyl sites for hydroxylation is 1. The van der Waals surface area contributed by atoms with Gasteiger partial charge in [0.15, 0.2) is 0 Å². The van der Waals surface area contributed by atoms with Crippen molar-refractivity contribution in [2.75, 3.05) is 13.2 Å². The van der Waals surface area contributed by atoms with Gasteiger partial charge in [0.25, 0.3) is 0 Å². The molecule has 1 aliphatic rings. The van der Waals surface area contributed by atoms with Crippen LogP contribution in [-0.4, -0.2) is 18.1 Å². The van der Waals surface area contributed by atoms with Crippen molar-refractivity contribution in [2.45, 2.75) is 71.4 Å². The number of thiazole rings is 1. The first kappa shape index (κ1) is 15.9. The van der Waals surface area contributed by atoms with Gasteiger partial charge in [0, 0.05) is 17.5 Å². The van der Waals surface area contributed by atoms with Crippen LogP contribution in [0.15, 0.2) is 0 Å². The Morgan fingerprint density at radius 3 is 2.85 bits per heavy atom. The van der Waals surface area contributed by atoms with E-state index in [2.05, 4.69) is 33.0 Å². The highest BCUT2D eigenvalue weighted by molar-refractivity contribution is 7.12. The zero-order chi connectivity index (χ0) is 14.6. The molecule has 0 saturated carbocycles. The minimum absolute atomic E-state index is 0.216. The molecule has 0 aromatic carbocycles. The first-order valence-electron chi connectivity index (χ1n) is 8.02. The van der Waals surface area contributed by atoms with E-state index in [-0.39, 0.29) is 5.60 Å². The van der Waals surface area contributed by atoms with Gasteiger partial charge in [-0.25, -0.2) is 4.98 Å². The van der Waals surface area contributed by atoms with Crippen molar-refractivity contribution in [1.82, 2.24) is 10.3 Å². The molecule has 2 atom stereocenters. The molecule has 1 heterocycles. The van der Waals surface area contributed by atoms with E-state index < -0.39 is 0 Å². The van der Waals surface area contributed by atoms with Crippen molar-refractivity contribution >= 4 is 11.3 Å². The number of ether oxygens (including phenoxy) is 1. The maximum Gasteiger partial charge on any atom is 0.125 e. The van der Waals surface area contributed by atoms with Crippen LogP contribution in [0.4, 0.5) is 0 Å². The van der Waals surface area contributed by atoms with Gasteiger partial charge in [-0.1, -0.05) is 13.8 Å². The van der Waals surface area contributed by atoms with Crippen LogP contribution in [0.25, 0.3) is 0 Å². The molecule has 0 spiro atoms. The van der Waals surface area contributed by atoms with Crippen molar-refractivity contribution in [1.29, 1.82) is 0 Å². The van der Waals surface area contributed by atoms with E-state index in [1.807, 2.05) is 11.3 Å². The second kappa shape index (κ2) is 7.01. The molecule has 1 aliphatic carbocycles. The number of nitrogens with one attached hydrogen (secondary N) is 1. The van der Waals surface area contributed by atoms with Gasteiger partial charge in [-0.15, -0.1) is 11.3 Å². The number of aromatic nitrogens is 1. The van der Waals surface area contributed by atoms with Crippen molar-refractivity contribution < 1.29 is 4.74 Å². The van der Waals surface area contributed by atoms with Crippen LogP contribution in [-0.2, 0) is 16.8 Å². The molecule has 2 unspecified atom stereocenters. The second-order valence-corrected chi connectivity index (χ2v) is 6.78. The Kier molecular flexibility index (Phi) is 5.58. The van der Waals surface area contributed by atoms with Crippen LogP contribution in [0.5, 0.6) is 0 Å². The summed E-state index contributed by atoms with van der Waals surface area (Å²) in [7, 11) is 0. The summed E-state index contributed by atoms with van der Waals surface area (Å²) in [4.78, 5) is 6.38. The summed E-state index contributed by atoms with van der Waals surface area (Å²) in [6, 6.07) is 0.507. The number of fused-ring (bicyclic) bond motifs is 1. The molecule has 1 aromatic rings. The topological polar surface area (TPSA) is 34.2 Å². The highest BCUT2D eigenvalue weighted by Crippen LogP contribution is 2.40. The minimum atomic E-state index is -0.216. The fraction of sp³-hybridized carbons (Fsp3) is 0.812. The third-order valence-corrected chi connectivity index (χ3v) is 5.64. The van der Waals surface area contributed by atoms with Gasteiger partial charge < -0.3 is 10.1 Å². The van der Waals surface area contributed by atoms with E-state index >= 15 is 0 Å². The summed E-state index contributed by atoms with van der Waals surface area (Å²) >= 11 is 1.87. The molecule has 2 rings (SSSR count). The molecule has 0 amide bonds. The third kappa shape index (κ3) is 3.23. The Morgan fingerprint density at radius 1 is 1.40 bits per heavy atom. The number of hydrogen-bond acceptors (Lipinski definition) is 4. The van der Waals surface area contributed by atoms with Crippen LogP contribution in [0, 0.1) is 0 Å². The quantitative estimate of drug-likeness (QED) is 0.819. The van der Waals surface area contributed by atoms with E-state index in [1.54, 1.807) is 0 Å². The van der Waals surface area contributed by atoms with E-state index in [9.17, 15) is 0 Å². The van der Waals surface area contributed by atoms with Crippen molar-refractivity contribution in [3.8, 4) is 0 Å². The van der Waals surface area contributed by atoms with E-state index in [1.165, 1.54) is 29.8 Å².